The van der Waals surface area contributed by atoms with Crippen molar-refractivity contribution in [3.8, 4) is 5.75 Å². The number of amides is 2. The Morgan fingerprint density at radius 1 is 1.30 bits per heavy atom. The monoisotopic (exact) mass is 282 g/mol. The van der Waals surface area contributed by atoms with Crippen LogP contribution in [0.4, 0.5) is 10.5 Å². The average molecular weight is 282 g/mol. The summed E-state index contributed by atoms with van der Waals surface area (Å²) in [4.78, 5) is 33.5. The number of hydrogen-bond acceptors (Lipinski definition) is 5. The molecule has 108 valence electrons. The molecule has 4 N–H and O–H groups in total. The highest BCUT2D eigenvalue weighted by Gasteiger charge is 2.14. The normalized spacial score (nSPS) is 9.65. The summed E-state index contributed by atoms with van der Waals surface area (Å²) in [5, 5.41) is 22.6. The summed E-state index contributed by atoms with van der Waals surface area (Å²) < 4.78 is 4.61. The molecule has 0 bridgehead atoms. The van der Waals surface area contributed by atoms with Crippen molar-refractivity contribution < 1.29 is 29.3 Å². The second-order valence-electron chi connectivity index (χ2n) is 3.65. The molecule has 0 aliphatic carbocycles. The summed E-state index contributed by atoms with van der Waals surface area (Å²) in [6.07, 6.45) is 0. The quantitative estimate of drug-likeness (QED) is 0.467. The van der Waals surface area contributed by atoms with Gasteiger partial charge in [0.15, 0.2) is 0 Å². The zero-order valence-electron chi connectivity index (χ0n) is 10.7. The van der Waals surface area contributed by atoms with Crippen LogP contribution in [0.15, 0.2) is 18.2 Å². The van der Waals surface area contributed by atoms with Gasteiger partial charge in [0.1, 0.15) is 12.3 Å². The highest BCUT2D eigenvalue weighted by Crippen LogP contribution is 2.21. The third kappa shape index (κ3) is 4.48. The van der Waals surface area contributed by atoms with Crippen LogP contribution in [0.2, 0.25) is 0 Å². The van der Waals surface area contributed by atoms with Gasteiger partial charge >= 0.3 is 18.0 Å². The molecule has 1 rings (SSSR count). The average Bonchev–Trinajstić information content (AvgIpc) is 2.38. The van der Waals surface area contributed by atoms with E-state index in [1.165, 1.54) is 12.1 Å². The third-order valence-electron chi connectivity index (χ3n) is 2.18. The lowest BCUT2D eigenvalue weighted by Crippen LogP contribution is -2.34. The number of anilines is 1. The zero-order valence-corrected chi connectivity index (χ0v) is 10.7. The van der Waals surface area contributed by atoms with Crippen LogP contribution >= 0.6 is 0 Å². The lowest BCUT2D eigenvalue weighted by atomic mass is 10.1. The van der Waals surface area contributed by atoms with Crippen molar-refractivity contribution in [3.63, 3.8) is 0 Å². The van der Waals surface area contributed by atoms with Crippen LogP contribution in [0.5, 0.6) is 5.75 Å². The summed E-state index contributed by atoms with van der Waals surface area (Å²) in [6.45, 7) is 1.50. The van der Waals surface area contributed by atoms with Gasteiger partial charge in [-0.3, -0.25) is 4.79 Å². The number of carbonyl (C=O) groups is 3. The lowest BCUT2D eigenvalue weighted by molar-refractivity contribution is -0.141. The number of carboxylic acid groups (broad SMARTS) is 1. The van der Waals surface area contributed by atoms with Crippen LogP contribution in [0.1, 0.15) is 17.3 Å². The second-order valence-corrected chi connectivity index (χ2v) is 3.65. The van der Waals surface area contributed by atoms with Crippen molar-refractivity contribution in [1.82, 2.24) is 5.32 Å². The number of nitrogens with one attached hydrogen (secondary N) is 2. The highest BCUT2D eigenvalue weighted by molar-refractivity contribution is 6.00. The van der Waals surface area contributed by atoms with E-state index in [0.717, 1.165) is 6.07 Å². The first-order valence-corrected chi connectivity index (χ1v) is 5.70. The number of phenolic OH excluding ortho intramolecular Hbond substituents is 1. The summed E-state index contributed by atoms with van der Waals surface area (Å²) >= 11 is 0. The molecular weight excluding hydrogens is 268 g/mol. The maximum absolute atomic E-state index is 11.5. The molecule has 0 saturated carbocycles. The molecule has 2 amide bonds. The standard InChI is InChI=1S/C12H14N2O6/c1-2-20-10(16)6-13-12(19)14-9-4-3-7(15)5-8(9)11(17)18/h3-5,15H,2,6H2,1H3,(H,17,18)(H2,13,14,19). The number of esters is 1. The molecule has 0 fully saturated rings. The molecular formula is C12H14N2O6. The van der Waals surface area contributed by atoms with Crippen molar-refractivity contribution >= 4 is 23.7 Å². The molecule has 0 heterocycles. The number of urea groups is 1. The van der Waals surface area contributed by atoms with Crippen molar-refractivity contribution in [2.24, 2.45) is 0 Å². The molecule has 0 aliphatic heterocycles. The minimum absolute atomic E-state index is 0.00309. The fraction of sp³-hybridized carbons (Fsp3) is 0.250. The van der Waals surface area contributed by atoms with Crippen molar-refractivity contribution in [3.05, 3.63) is 23.8 Å². The Labute approximate surface area is 114 Å². The van der Waals surface area contributed by atoms with Crippen LogP contribution in [0.3, 0.4) is 0 Å². The number of aromatic hydroxyl groups is 1. The second kappa shape index (κ2) is 6.98. The summed E-state index contributed by atoms with van der Waals surface area (Å²) in [5.41, 5.74) is -0.270. The molecule has 8 heteroatoms. The van der Waals surface area contributed by atoms with Gasteiger partial charge in [-0.05, 0) is 25.1 Å². The Bertz CT molecular complexity index is 529. The maximum Gasteiger partial charge on any atom is 0.337 e. The largest absolute Gasteiger partial charge is 0.508 e. The highest BCUT2D eigenvalue weighted by atomic mass is 16.5. The number of carbonyl (C=O) groups excluding carboxylic acids is 2. The number of phenols is 1. The van der Waals surface area contributed by atoms with Crippen molar-refractivity contribution in [2.75, 3.05) is 18.5 Å². The molecule has 0 unspecified atom stereocenters. The van der Waals surface area contributed by atoms with E-state index >= 15 is 0 Å². The first-order chi connectivity index (χ1) is 9.43. The Kier molecular flexibility index (Phi) is 5.33. The third-order valence-corrected chi connectivity index (χ3v) is 2.18. The number of aromatic carboxylic acids is 1. The molecule has 8 nitrogen and oxygen atoms in total. The van der Waals surface area contributed by atoms with Crippen LogP contribution in [0.25, 0.3) is 0 Å². The minimum atomic E-state index is -1.30. The van der Waals surface area contributed by atoms with E-state index in [0.29, 0.717) is 0 Å². The molecule has 1 aromatic rings. The Balaban J connectivity index is 2.66. The van der Waals surface area contributed by atoms with Gasteiger partial charge in [-0.2, -0.15) is 0 Å². The first-order valence-electron chi connectivity index (χ1n) is 5.70. The zero-order chi connectivity index (χ0) is 15.1. The Morgan fingerprint density at radius 3 is 2.60 bits per heavy atom. The summed E-state index contributed by atoms with van der Waals surface area (Å²) in [5.74, 6) is -2.15. The lowest BCUT2D eigenvalue weighted by Gasteiger charge is -2.10. The molecule has 1 aromatic carbocycles. The minimum Gasteiger partial charge on any atom is -0.508 e. The van der Waals surface area contributed by atoms with Gasteiger partial charge in [0, 0.05) is 0 Å². The smallest absolute Gasteiger partial charge is 0.337 e. The van der Waals surface area contributed by atoms with Crippen LogP contribution in [-0.4, -0.2) is 41.3 Å². The van der Waals surface area contributed by atoms with Crippen molar-refractivity contribution in [1.29, 1.82) is 0 Å². The van der Waals surface area contributed by atoms with E-state index in [1.54, 1.807) is 6.92 Å². The summed E-state index contributed by atoms with van der Waals surface area (Å²) in [6, 6.07) is 2.71. The SMILES string of the molecule is CCOC(=O)CNC(=O)Nc1ccc(O)cc1C(=O)O. The van der Waals surface area contributed by atoms with Gasteiger partial charge < -0.3 is 25.6 Å². The van der Waals surface area contributed by atoms with Gasteiger partial charge in [-0.1, -0.05) is 0 Å². The molecule has 0 aromatic heterocycles. The molecule has 0 atom stereocenters. The van der Waals surface area contributed by atoms with E-state index in [9.17, 15) is 19.5 Å². The fourth-order valence-corrected chi connectivity index (χ4v) is 1.35. The number of carboxylic acids is 1. The molecule has 0 saturated heterocycles. The Morgan fingerprint density at radius 2 is 2.00 bits per heavy atom. The number of benzene rings is 1. The molecule has 20 heavy (non-hydrogen) atoms. The van der Waals surface area contributed by atoms with Gasteiger partial charge in [-0.15, -0.1) is 0 Å². The van der Waals surface area contributed by atoms with Crippen LogP contribution in [0, 0.1) is 0 Å². The number of ether oxygens (including phenoxy) is 1. The van der Waals surface area contributed by atoms with E-state index < -0.39 is 18.0 Å². The van der Waals surface area contributed by atoms with Gasteiger partial charge in [0.05, 0.1) is 17.9 Å². The predicted molar refractivity (Wildman–Crippen MR) is 68.7 cm³/mol. The van der Waals surface area contributed by atoms with E-state index in [4.69, 9.17) is 5.11 Å². The molecule has 0 spiro atoms. The maximum atomic E-state index is 11.5. The van der Waals surface area contributed by atoms with Crippen LogP contribution < -0.4 is 10.6 Å². The molecule has 0 radical (unpaired) electrons. The van der Waals surface area contributed by atoms with Gasteiger partial charge in [-0.25, -0.2) is 9.59 Å². The first kappa shape index (κ1) is 15.3. The van der Waals surface area contributed by atoms with E-state index in [2.05, 4.69) is 15.4 Å². The van der Waals surface area contributed by atoms with E-state index in [1.807, 2.05) is 0 Å². The number of hydrogen-bond donors (Lipinski definition) is 4. The fourth-order valence-electron chi connectivity index (χ4n) is 1.35. The topological polar surface area (TPSA) is 125 Å². The predicted octanol–water partition coefficient (Wildman–Crippen LogP) is 0.775. The molecule has 0 aliphatic rings. The summed E-state index contributed by atoms with van der Waals surface area (Å²) in [7, 11) is 0. The van der Waals surface area contributed by atoms with Gasteiger partial charge in [0.2, 0.25) is 0 Å². The van der Waals surface area contributed by atoms with E-state index in [-0.39, 0.29) is 30.2 Å². The number of rotatable bonds is 5. The van der Waals surface area contributed by atoms with Crippen molar-refractivity contribution in [2.45, 2.75) is 6.92 Å². The van der Waals surface area contributed by atoms with Gasteiger partial charge in [0.25, 0.3) is 0 Å². The van der Waals surface area contributed by atoms with Crippen LogP contribution in [-0.2, 0) is 9.53 Å². The Hall–Kier alpha value is -2.77.